The van der Waals surface area contributed by atoms with Gasteiger partial charge in [-0.3, -0.25) is 0 Å². The molecule has 3 heteroatoms. The molecule has 3 nitrogen and oxygen atoms in total. The molecule has 0 saturated heterocycles. The summed E-state index contributed by atoms with van der Waals surface area (Å²) < 4.78 is 11.0. The number of fused-ring (bicyclic) bond motifs is 1. The van der Waals surface area contributed by atoms with E-state index in [4.69, 9.17) is 9.47 Å². The molecule has 0 aliphatic heterocycles. The number of benzene rings is 3. The summed E-state index contributed by atoms with van der Waals surface area (Å²) in [6.07, 6.45) is 0.952. The zero-order chi connectivity index (χ0) is 17.5. The van der Waals surface area contributed by atoms with E-state index in [1.165, 1.54) is 21.9 Å². The van der Waals surface area contributed by atoms with Crippen LogP contribution in [0.1, 0.15) is 18.1 Å². The van der Waals surface area contributed by atoms with Crippen LogP contribution in [0, 0.1) is 0 Å². The van der Waals surface area contributed by atoms with Crippen LogP contribution in [0.3, 0.4) is 0 Å². The van der Waals surface area contributed by atoms with Crippen molar-refractivity contribution in [2.45, 2.75) is 19.9 Å². The van der Waals surface area contributed by atoms with Gasteiger partial charge in [-0.1, -0.05) is 48.5 Å². The standard InChI is InChI=1S/C22H25NO2/c1-3-25-21-12-11-17(15-22(21)24-2)13-14-23-16-19-9-6-8-18-7-4-5-10-20(18)19/h4-12,15,23H,3,13-14,16H2,1-2H3. The molecule has 0 aliphatic rings. The fraction of sp³-hybridized carbons (Fsp3) is 0.273. The second-order valence-corrected chi connectivity index (χ2v) is 5.98. The lowest BCUT2D eigenvalue weighted by Gasteiger charge is -2.12. The molecule has 0 saturated carbocycles. The molecular weight excluding hydrogens is 310 g/mol. The molecule has 1 N–H and O–H groups in total. The van der Waals surface area contributed by atoms with Gasteiger partial charge in [-0.15, -0.1) is 0 Å². The van der Waals surface area contributed by atoms with Gasteiger partial charge < -0.3 is 14.8 Å². The van der Waals surface area contributed by atoms with Crippen LogP contribution in [0.2, 0.25) is 0 Å². The average Bonchev–Trinajstić information content (AvgIpc) is 2.66. The van der Waals surface area contributed by atoms with Crippen molar-refractivity contribution in [2.24, 2.45) is 0 Å². The SMILES string of the molecule is CCOc1ccc(CCNCc2cccc3ccccc23)cc1OC. The number of methoxy groups -OCH3 is 1. The summed E-state index contributed by atoms with van der Waals surface area (Å²) in [6, 6.07) is 21.1. The Bertz CT molecular complexity index is 824. The Kier molecular flexibility index (Phi) is 5.91. The maximum Gasteiger partial charge on any atom is 0.161 e. The fourth-order valence-electron chi connectivity index (χ4n) is 3.04. The zero-order valence-corrected chi connectivity index (χ0v) is 14.9. The highest BCUT2D eigenvalue weighted by atomic mass is 16.5. The van der Waals surface area contributed by atoms with Crippen LogP contribution in [0.15, 0.2) is 60.7 Å². The summed E-state index contributed by atoms with van der Waals surface area (Å²) in [5.74, 6) is 1.60. The largest absolute Gasteiger partial charge is 0.493 e. The van der Waals surface area contributed by atoms with Gasteiger partial charge in [0.1, 0.15) is 0 Å². The molecule has 3 rings (SSSR count). The van der Waals surface area contributed by atoms with E-state index in [1.807, 2.05) is 13.0 Å². The Morgan fingerprint density at radius 2 is 1.76 bits per heavy atom. The van der Waals surface area contributed by atoms with Crippen molar-refractivity contribution in [1.29, 1.82) is 0 Å². The molecule has 3 aromatic rings. The number of nitrogens with one attached hydrogen (secondary N) is 1. The van der Waals surface area contributed by atoms with Crippen LogP contribution >= 0.6 is 0 Å². The normalized spacial score (nSPS) is 10.8. The summed E-state index contributed by atoms with van der Waals surface area (Å²) in [5, 5.41) is 6.16. The van der Waals surface area contributed by atoms with Crippen LogP contribution in [0.5, 0.6) is 11.5 Å². The molecule has 0 amide bonds. The van der Waals surface area contributed by atoms with E-state index >= 15 is 0 Å². The molecular formula is C22H25NO2. The first-order chi connectivity index (χ1) is 12.3. The van der Waals surface area contributed by atoms with Gasteiger partial charge in [0, 0.05) is 6.54 Å². The third kappa shape index (κ3) is 4.31. The van der Waals surface area contributed by atoms with E-state index in [0.29, 0.717) is 6.61 Å². The first-order valence-corrected chi connectivity index (χ1v) is 8.79. The van der Waals surface area contributed by atoms with Crippen LogP contribution in [0.4, 0.5) is 0 Å². The second kappa shape index (κ2) is 8.54. The van der Waals surface area contributed by atoms with E-state index in [1.54, 1.807) is 7.11 Å². The molecule has 25 heavy (non-hydrogen) atoms. The van der Waals surface area contributed by atoms with Crippen LogP contribution < -0.4 is 14.8 Å². The monoisotopic (exact) mass is 335 g/mol. The van der Waals surface area contributed by atoms with E-state index in [-0.39, 0.29) is 0 Å². The number of rotatable bonds is 8. The molecule has 0 unspecified atom stereocenters. The van der Waals surface area contributed by atoms with Gasteiger partial charge in [0.2, 0.25) is 0 Å². The lowest BCUT2D eigenvalue weighted by Crippen LogP contribution is -2.16. The van der Waals surface area contributed by atoms with Crippen LogP contribution in [0.25, 0.3) is 10.8 Å². The zero-order valence-electron chi connectivity index (χ0n) is 14.9. The molecule has 0 bridgehead atoms. The lowest BCUT2D eigenvalue weighted by molar-refractivity contribution is 0.310. The Hall–Kier alpha value is -2.52. The van der Waals surface area contributed by atoms with Gasteiger partial charge in [0.15, 0.2) is 11.5 Å². The third-order valence-corrected chi connectivity index (χ3v) is 4.31. The number of hydrogen-bond donors (Lipinski definition) is 1. The van der Waals surface area contributed by atoms with Gasteiger partial charge in [0.05, 0.1) is 13.7 Å². The summed E-state index contributed by atoms with van der Waals surface area (Å²) in [6.45, 7) is 4.41. The molecule has 0 fully saturated rings. The first-order valence-electron chi connectivity index (χ1n) is 8.79. The van der Waals surface area contributed by atoms with Gasteiger partial charge in [-0.2, -0.15) is 0 Å². The predicted octanol–water partition coefficient (Wildman–Crippen LogP) is 4.58. The van der Waals surface area contributed by atoms with E-state index < -0.39 is 0 Å². The average molecular weight is 335 g/mol. The summed E-state index contributed by atoms with van der Waals surface area (Å²) in [7, 11) is 1.68. The summed E-state index contributed by atoms with van der Waals surface area (Å²) >= 11 is 0. The van der Waals surface area contributed by atoms with Gasteiger partial charge >= 0.3 is 0 Å². The van der Waals surface area contributed by atoms with Crippen LogP contribution in [-0.4, -0.2) is 20.3 Å². The van der Waals surface area contributed by atoms with E-state index in [0.717, 1.165) is 31.0 Å². The van der Waals surface area contributed by atoms with Crippen molar-refractivity contribution in [1.82, 2.24) is 5.32 Å². The smallest absolute Gasteiger partial charge is 0.161 e. The lowest BCUT2D eigenvalue weighted by atomic mass is 10.0. The molecule has 0 heterocycles. The minimum atomic E-state index is 0.641. The second-order valence-electron chi connectivity index (χ2n) is 5.98. The molecule has 0 atom stereocenters. The van der Waals surface area contributed by atoms with Gasteiger partial charge in [0.25, 0.3) is 0 Å². The van der Waals surface area contributed by atoms with Gasteiger partial charge in [-0.05, 0) is 53.9 Å². The molecule has 3 aromatic carbocycles. The Balaban J connectivity index is 1.58. The highest BCUT2D eigenvalue weighted by Gasteiger charge is 2.05. The Morgan fingerprint density at radius 3 is 2.60 bits per heavy atom. The van der Waals surface area contributed by atoms with Crippen molar-refractivity contribution in [3.63, 3.8) is 0 Å². The van der Waals surface area contributed by atoms with Crippen molar-refractivity contribution in [2.75, 3.05) is 20.3 Å². The predicted molar refractivity (Wildman–Crippen MR) is 104 cm³/mol. The molecule has 0 aromatic heterocycles. The van der Waals surface area contributed by atoms with Crippen molar-refractivity contribution in [3.05, 3.63) is 71.8 Å². The minimum Gasteiger partial charge on any atom is -0.493 e. The van der Waals surface area contributed by atoms with Crippen molar-refractivity contribution in [3.8, 4) is 11.5 Å². The maximum atomic E-state index is 5.57. The molecule has 0 spiro atoms. The van der Waals surface area contributed by atoms with Crippen LogP contribution in [-0.2, 0) is 13.0 Å². The number of hydrogen-bond acceptors (Lipinski definition) is 3. The highest BCUT2D eigenvalue weighted by Crippen LogP contribution is 2.28. The van der Waals surface area contributed by atoms with Crippen molar-refractivity contribution < 1.29 is 9.47 Å². The Labute approximate surface area is 149 Å². The summed E-state index contributed by atoms with van der Waals surface area (Å²) in [5.41, 5.74) is 2.58. The van der Waals surface area contributed by atoms with E-state index in [2.05, 4.69) is 59.9 Å². The van der Waals surface area contributed by atoms with Crippen molar-refractivity contribution >= 4 is 10.8 Å². The highest BCUT2D eigenvalue weighted by molar-refractivity contribution is 5.85. The quantitative estimate of drug-likeness (QED) is 0.611. The number of ether oxygens (including phenoxy) is 2. The first kappa shape index (κ1) is 17.3. The van der Waals surface area contributed by atoms with E-state index in [9.17, 15) is 0 Å². The topological polar surface area (TPSA) is 30.5 Å². The molecule has 130 valence electrons. The summed E-state index contributed by atoms with van der Waals surface area (Å²) in [4.78, 5) is 0. The molecule has 0 aliphatic carbocycles. The molecule has 0 radical (unpaired) electrons. The third-order valence-electron chi connectivity index (χ3n) is 4.31. The van der Waals surface area contributed by atoms with Gasteiger partial charge in [-0.25, -0.2) is 0 Å². The maximum absolute atomic E-state index is 5.57. The minimum absolute atomic E-state index is 0.641. The fourth-order valence-corrected chi connectivity index (χ4v) is 3.04. The Morgan fingerprint density at radius 1 is 0.920 bits per heavy atom.